The number of thiazole rings is 1. The van der Waals surface area contributed by atoms with E-state index in [-0.39, 0.29) is 11.8 Å². The third kappa shape index (κ3) is 3.80. The van der Waals surface area contributed by atoms with Crippen molar-refractivity contribution < 1.29 is 4.79 Å². The average molecular weight is 414 g/mol. The van der Waals surface area contributed by atoms with Gasteiger partial charge in [0.2, 0.25) is 5.91 Å². The van der Waals surface area contributed by atoms with Crippen LogP contribution in [0.25, 0.3) is 11.3 Å². The van der Waals surface area contributed by atoms with Gasteiger partial charge in [0.15, 0.2) is 0 Å². The van der Waals surface area contributed by atoms with Gasteiger partial charge in [0, 0.05) is 33.7 Å². The molecular formula is C19H16BrN3OS. The molecule has 2 aromatic heterocycles. The number of nitrogens with zero attached hydrogens (tertiary/aromatic N) is 2. The van der Waals surface area contributed by atoms with Crippen molar-refractivity contribution in [3.8, 4) is 11.3 Å². The molecule has 25 heavy (non-hydrogen) atoms. The van der Waals surface area contributed by atoms with Crippen molar-refractivity contribution in [2.24, 2.45) is 5.92 Å². The average Bonchev–Trinajstić information content (AvgIpc) is 3.31. The van der Waals surface area contributed by atoms with Gasteiger partial charge in [-0.2, -0.15) is 0 Å². The van der Waals surface area contributed by atoms with E-state index in [1.54, 1.807) is 23.7 Å². The number of hydrogen-bond acceptors (Lipinski definition) is 4. The molecule has 4 rings (SSSR count). The molecule has 1 N–H and O–H groups in total. The predicted octanol–water partition coefficient (Wildman–Crippen LogP) is 4.39. The number of carbonyl (C=O) groups is 1. The van der Waals surface area contributed by atoms with Crippen LogP contribution in [0, 0.1) is 5.92 Å². The molecule has 0 bridgehead atoms. The summed E-state index contributed by atoms with van der Waals surface area (Å²) in [7, 11) is 0. The quantitative estimate of drug-likeness (QED) is 0.674. The third-order valence-electron chi connectivity index (χ3n) is 4.37. The lowest BCUT2D eigenvalue weighted by Gasteiger charge is -2.03. The molecule has 126 valence electrons. The van der Waals surface area contributed by atoms with Crippen LogP contribution in [0.15, 0.2) is 58.6 Å². The van der Waals surface area contributed by atoms with E-state index in [0.717, 1.165) is 27.2 Å². The molecule has 0 saturated heterocycles. The normalized spacial score (nSPS) is 18.8. The molecule has 6 heteroatoms. The summed E-state index contributed by atoms with van der Waals surface area (Å²) in [5.41, 5.74) is 3.20. The molecule has 2 heterocycles. The first kappa shape index (κ1) is 16.4. The van der Waals surface area contributed by atoms with Crippen LogP contribution in [0.5, 0.6) is 0 Å². The Bertz CT molecular complexity index is 879. The molecule has 1 fully saturated rings. The minimum absolute atomic E-state index is 0.0841. The first-order valence-corrected chi connectivity index (χ1v) is 9.76. The van der Waals surface area contributed by atoms with Crippen molar-refractivity contribution in [3.63, 3.8) is 0 Å². The first-order valence-electron chi connectivity index (χ1n) is 8.08. The minimum atomic E-state index is 0.0841. The van der Waals surface area contributed by atoms with Crippen LogP contribution in [0.2, 0.25) is 0 Å². The summed E-state index contributed by atoms with van der Waals surface area (Å²) < 4.78 is 1.06. The van der Waals surface area contributed by atoms with Crippen LogP contribution >= 0.6 is 27.3 Å². The van der Waals surface area contributed by atoms with Gasteiger partial charge in [-0.3, -0.25) is 9.78 Å². The van der Waals surface area contributed by atoms with Crippen LogP contribution in [0.1, 0.15) is 22.9 Å². The van der Waals surface area contributed by atoms with E-state index in [4.69, 9.17) is 0 Å². The number of pyridine rings is 1. The Kier molecular flexibility index (Phi) is 4.63. The highest BCUT2D eigenvalue weighted by atomic mass is 79.9. The maximum Gasteiger partial charge on any atom is 0.224 e. The Morgan fingerprint density at radius 1 is 1.20 bits per heavy atom. The van der Waals surface area contributed by atoms with E-state index < -0.39 is 0 Å². The molecule has 4 nitrogen and oxygen atoms in total. The first-order chi connectivity index (χ1) is 12.2. The summed E-state index contributed by atoms with van der Waals surface area (Å²) in [6.45, 7) is 0.484. The highest BCUT2D eigenvalue weighted by molar-refractivity contribution is 9.10. The number of nitrogens with one attached hydrogen (secondary N) is 1. The SMILES string of the molecule is O=C(NCc1nc(-c2ccncc2)cs1)C1CC1c1ccc(Br)cc1. The molecule has 1 amide bonds. The van der Waals surface area contributed by atoms with Gasteiger partial charge >= 0.3 is 0 Å². The van der Waals surface area contributed by atoms with Crippen molar-refractivity contribution >= 4 is 33.2 Å². The predicted molar refractivity (Wildman–Crippen MR) is 102 cm³/mol. The summed E-state index contributed by atoms with van der Waals surface area (Å²) in [6.07, 6.45) is 4.44. The molecule has 1 saturated carbocycles. The highest BCUT2D eigenvalue weighted by Gasteiger charge is 2.43. The van der Waals surface area contributed by atoms with Crippen LogP contribution in [0.4, 0.5) is 0 Å². The van der Waals surface area contributed by atoms with Crippen LogP contribution in [0.3, 0.4) is 0 Å². The number of hydrogen-bond donors (Lipinski definition) is 1. The summed E-state index contributed by atoms with van der Waals surface area (Å²) in [4.78, 5) is 21.0. The maximum atomic E-state index is 12.4. The fourth-order valence-electron chi connectivity index (χ4n) is 2.90. The van der Waals surface area contributed by atoms with Gasteiger partial charge in [0.05, 0.1) is 12.2 Å². The van der Waals surface area contributed by atoms with Crippen molar-refractivity contribution in [1.29, 1.82) is 0 Å². The molecule has 3 aromatic rings. The largest absolute Gasteiger partial charge is 0.349 e. The molecule has 0 radical (unpaired) electrons. The second-order valence-electron chi connectivity index (χ2n) is 6.08. The second-order valence-corrected chi connectivity index (χ2v) is 7.94. The molecular weight excluding hydrogens is 398 g/mol. The molecule has 1 aromatic carbocycles. The third-order valence-corrected chi connectivity index (χ3v) is 5.74. The lowest BCUT2D eigenvalue weighted by Crippen LogP contribution is -2.24. The monoisotopic (exact) mass is 413 g/mol. The fraction of sp³-hybridized carbons (Fsp3) is 0.211. The van der Waals surface area contributed by atoms with Gasteiger partial charge in [0.1, 0.15) is 5.01 Å². The van der Waals surface area contributed by atoms with Gasteiger partial charge in [0.25, 0.3) is 0 Å². The summed E-state index contributed by atoms with van der Waals surface area (Å²) in [5.74, 6) is 0.547. The molecule has 0 spiro atoms. The Balaban J connectivity index is 1.33. The highest BCUT2D eigenvalue weighted by Crippen LogP contribution is 2.47. The van der Waals surface area contributed by atoms with Crippen molar-refractivity contribution in [2.45, 2.75) is 18.9 Å². The Morgan fingerprint density at radius 2 is 1.96 bits per heavy atom. The molecule has 1 aliphatic rings. The van der Waals surface area contributed by atoms with Gasteiger partial charge < -0.3 is 5.32 Å². The van der Waals surface area contributed by atoms with Crippen LogP contribution in [-0.2, 0) is 11.3 Å². The standard InChI is InChI=1S/C19H16BrN3OS/c20-14-3-1-12(2-4-14)15-9-16(15)19(24)22-10-18-23-17(11-25-18)13-5-7-21-8-6-13/h1-8,11,15-16H,9-10H2,(H,22,24). The minimum Gasteiger partial charge on any atom is -0.349 e. The van der Waals surface area contributed by atoms with Crippen LogP contribution in [-0.4, -0.2) is 15.9 Å². The van der Waals surface area contributed by atoms with Crippen molar-refractivity contribution in [2.75, 3.05) is 0 Å². The van der Waals surface area contributed by atoms with E-state index in [0.29, 0.717) is 12.5 Å². The zero-order valence-electron chi connectivity index (χ0n) is 13.4. The van der Waals surface area contributed by atoms with E-state index in [9.17, 15) is 4.79 Å². The van der Waals surface area contributed by atoms with E-state index in [1.165, 1.54) is 5.56 Å². The smallest absolute Gasteiger partial charge is 0.224 e. The zero-order chi connectivity index (χ0) is 17.2. The van der Waals surface area contributed by atoms with E-state index in [1.807, 2.05) is 29.6 Å². The summed E-state index contributed by atoms with van der Waals surface area (Å²) in [6, 6.07) is 12.1. The number of aromatic nitrogens is 2. The van der Waals surface area contributed by atoms with Gasteiger partial charge in [-0.25, -0.2) is 4.98 Å². The van der Waals surface area contributed by atoms with Gasteiger partial charge in [-0.15, -0.1) is 11.3 Å². The summed E-state index contributed by atoms with van der Waals surface area (Å²) in [5, 5.41) is 5.95. The van der Waals surface area contributed by atoms with Crippen LogP contribution < -0.4 is 5.32 Å². The van der Waals surface area contributed by atoms with E-state index >= 15 is 0 Å². The number of halogens is 1. The maximum absolute atomic E-state index is 12.4. The van der Waals surface area contributed by atoms with Crippen molar-refractivity contribution in [3.05, 3.63) is 69.2 Å². The number of carbonyl (C=O) groups excluding carboxylic acids is 1. The molecule has 2 unspecified atom stereocenters. The van der Waals surface area contributed by atoms with Gasteiger partial charge in [-0.05, 0) is 42.2 Å². The second kappa shape index (κ2) is 7.06. The Hall–Kier alpha value is -2.05. The number of amides is 1. The van der Waals surface area contributed by atoms with Gasteiger partial charge in [-0.1, -0.05) is 28.1 Å². The lowest BCUT2D eigenvalue weighted by atomic mass is 10.1. The molecule has 1 aliphatic carbocycles. The molecule has 2 atom stereocenters. The Labute approximate surface area is 158 Å². The number of benzene rings is 1. The zero-order valence-corrected chi connectivity index (χ0v) is 15.8. The molecule has 0 aliphatic heterocycles. The lowest BCUT2D eigenvalue weighted by molar-refractivity contribution is -0.122. The topological polar surface area (TPSA) is 54.9 Å². The van der Waals surface area contributed by atoms with Crippen molar-refractivity contribution in [1.82, 2.24) is 15.3 Å². The number of rotatable bonds is 5. The Morgan fingerprint density at radius 3 is 2.72 bits per heavy atom. The summed E-state index contributed by atoms with van der Waals surface area (Å²) >= 11 is 5.01. The van der Waals surface area contributed by atoms with E-state index in [2.05, 4.69) is 43.3 Å². The fourth-order valence-corrected chi connectivity index (χ4v) is 3.91.